The van der Waals surface area contributed by atoms with Crippen LogP contribution in [0.1, 0.15) is 44.7 Å². The standard InChI is InChI=1S/C28H28N2O5/c1-19-17-24(31)9-10-25(19)22-3-2-4-23(18-22)26(32)12-14-29-15-13-27(33)30(29)16-11-20-5-7-21(8-6-20)28(34)35/h2-10,17-18,31H,11-16H2,1H3,(H,34,35). The minimum absolute atomic E-state index is 0.00633. The maximum Gasteiger partial charge on any atom is 0.335 e. The number of carboxylic acids is 1. The third-order valence-corrected chi connectivity index (χ3v) is 6.33. The van der Waals surface area contributed by atoms with Crippen LogP contribution in [0.2, 0.25) is 0 Å². The summed E-state index contributed by atoms with van der Waals surface area (Å²) < 4.78 is 0. The number of rotatable bonds is 9. The summed E-state index contributed by atoms with van der Waals surface area (Å²) in [4.78, 5) is 36.4. The number of aromatic carboxylic acids is 1. The van der Waals surface area contributed by atoms with E-state index in [4.69, 9.17) is 5.11 Å². The number of hydrogen-bond donors (Lipinski definition) is 2. The van der Waals surface area contributed by atoms with Crippen molar-refractivity contribution in [2.24, 2.45) is 0 Å². The molecule has 35 heavy (non-hydrogen) atoms. The van der Waals surface area contributed by atoms with E-state index in [2.05, 4.69) is 0 Å². The third kappa shape index (κ3) is 5.75. The van der Waals surface area contributed by atoms with Crippen molar-refractivity contribution in [2.75, 3.05) is 19.6 Å². The van der Waals surface area contributed by atoms with Crippen LogP contribution in [0, 0.1) is 6.92 Å². The SMILES string of the molecule is Cc1cc(O)ccc1-c1cccc(C(=O)CCN2CCC(=O)N2CCc2ccc(C(=O)O)cc2)c1. The average Bonchev–Trinajstić information content (AvgIpc) is 3.20. The first-order valence-electron chi connectivity index (χ1n) is 11.6. The first-order chi connectivity index (χ1) is 16.8. The topological polar surface area (TPSA) is 98.2 Å². The van der Waals surface area contributed by atoms with Gasteiger partial charge in [0.1, 0.15) is 5.75 Å². The highest BCUT2D eigenvalue weighted by atomic mass is 16.4. The van der Waals surface area contributed by atoms with E-state index < -0.39 is 5.97 Å². The third-order valence-electron chi connectivity index (χ3n) is 6.33. The molecule has 0 atom stereocenters. The molecule has 180 valence electrons. The summed E-state index contributed by atoms with van der Waals surface area (Å²) in [5, 5.41) is 22.3. The molecule has 0 aromatic heterocycles. The van der Waals surface area contributed by atoms with Crippen molar-refractivity contribution in [3.8, 4) is 16.9 Å². The molecule has 7 heteroatoms. The molecule has 1 aliphatic rings. The quantitative estimate of drug-likeness (QED) is 0.450. The number of Topliss-reactive ketones (excluding diaryl/α,β-unsaturated/α-hetero) is 1. The highest BCUT2D eigenvalue weighted by molar-refractivity contribution is 5.97. The van der Waals surface area contributed by atoms with Gasteiger partial charge in [-0.3, -0.25) is 14.6 Å². The summed E-state index contributed by atoms with van der Waals surface area (Å²) in [6.45, 7) is 3.43. The van der Waals surface area contributed by atoms with Crippen LogP contribution >= 0.6 is 0 Å². The van der Waals surface area contributed by atoms with Crippen molar-refractivity contribution >= 4 is 17.7 Å². The van der Waals surface area contributed by atoms with Crippen LogP contribution in [0.4, 0.5) is 0 Å². The zero-order valence-corrected chi connectivity index (χ0v) is 19.6. The van der Waals surface area contributed by atoms with Crippen LogP contribution in [0.5, 0.6) is 5.75 Å². The lowest BCUT2D eigenvalue weighted by atomic mass is 9.97. The van der Waals surface area contributed by atoms with Gasteiger partial charge in [-0.15, -0.1) is 0 Å². The number of phenolic OH excluding ortho intramolecular Hbond substituents is 1. The minimum Gasteiger partial charge on any atom is -0.508 e. The lowest BCUT2D eigenvalue weighted by Gasteiger charge is -2.28. The van der Waals surface area contributed by atoms with E-state index in [1.165, 1.54) is 0 Å². The predicted molar refractivity (Wildman–Crippen MR) is 132 cm³/mol. The Morgan fingerprint density at radius 2 is 1.71 bits per heavy atom. The Morgan fingerprint density at radius 1 is 0.943 bits per heavy atom. The molecule has 0 bridgehead atoms. The monoisotopic (exact) mass is 472 g/mol. The minimum atomic E-state index is -0.967. The van der Waals surface area contributed by atoms with Gasteiger partial charge in [0.25, 0.3) is 0 Å². The first-order valence-corrected chi connectivity index (χ1v) is 11.6. The lowest BCUT2D eigenvalue weighted by Crippen LogP contribution is -2.41. The molecule has 1 aliphatic heterocycles. The summed E-state index contributed by atoms with van der Waals surface area (Å²) in [6, 6.07) is 19.3. The Balaban J connectivity index is 1.37. The maximum atomic E-state index is 13.0. The number of phenols is 1. The molecular formula is C28H28N2O5. The number of aromatic hydroxyl groups is 1. The molecule has 1 fully saturated rings. The summed E-state index contributed by atoms with van der Waals surface area (Å²) in [6.07, 6.45) is 1.31. The number of hydrazine groups is 1. The number of carbonyl (C=O) groups excluding carboxylic acids is 2. The van der Waals surface area contributed by atoms with Gasteiger partial charge in [0.05, 0.1) is 5.56 Å². The second-order valence-electron chi connectivity index (χ2n) is 8.73. The van der Waals surface area contributed by atoms with Crippen LogP contribution in [-0.2, 0) is 11.2 Å². The predicted octanol–water partition coefficient (Wildman–Crippen LogP) is 4.33. The van der Waals surface area contributed by atoms with Crippen molar-refractivity contribution in [1.82, 2.24) is 10.0 Å². The molecule has 4 rings (SSSR count). The van der Waals surface area contributed by atoms with Crippen molar-refractivity contribution in [3.63, 3.8) is 0 Å². The number of nitrogens with zero attached hydrogens (tertiary/aromatic N) is 2. The molecule has 0 radical (unpaired) electrons. The molecule has 0 saturated carbocycles. The largest absolute Gasteiger partial charge is 0.508 e. The fourth-order valence-corrected chi connectivity index (χ4v) is 4.39. The van der Waals surface area contributed by atoms with E-state index >= 15 is 0 Å². The van der Waals surface area contributed by atoms with Crippen molar-refractivity contribution in [2.45, 2.75) is 26.2 Å². The Bertz CT molecular complexity index is 1250. The van der Waals surface area contributed by atoms with Gasteiger partial charge < -0.3 is 10.2 Å². The molecule has 7 nitrogen and oxygen atoms in total. The Hall–Kier alpha value is -3.97. The number of carbonyl (C=O) groups is 3. The van der Waals surface area contributed by atoms with Gasteiger partial charge in [-0.2, -0.15) is 0 Å². The Morgan fingerprint density at radius 3 is 2.43 bits per heavy atom. The van der Waals surface area contributed by atoms with Crippen LogP contribution in [0.25, 0.3) is 11.1 Å². The smallest absolute Gasteiger partial charge is 0.335 e. The summed E-state index contributed by atoms with van der Waals surface area (Å²) in [7, 11) is 0. The molecule has 3 aromatic carbocycles. The summed E-state index contributed by atoms with van der Waals surface area (Å²) in [5.41, 5.74) is 4.61. The van der Waals surface area contributed by atoms with Gasteiger partial charge in [-0.25, -0.2) is 9.80 Å². The van der Waals surface area contributed by atoms with Gasteiger partial charge >= 0.3 is 5.97 Å². The second-order valence-corrected chi connectivity index (χ2v) is 8.73. The van der Waals surface area contributed by atoms with Gasteiger partial charge in [0, 0.05) is 38.0 Å². The average molecular weight is 473 g/mol. The van der Waals surface area contributed by atoms with Gasteiger partial charge in [0.15, 0.2) is 5.78 Å². The van der Waals surface area contributed by atoms with Gasteiger partial charge in [0.2, 0.25) is 5.91 Å². The van der Waals surface area contributed by atoms with Crippen LogP contribution in [-0.4, -0.2) is 57.5 Å². The van der Waals surface area contributed by atoms with E-state index in [0.717, 1.165) is 22.3 Å². The zero-order valence-electron chi connectivity index (χ0n) is 19.6. The number of hydrogen-bond acceptors (Lipinski definition) is 5. The number of carboxylic acid groups (broad SMARTS) is 1. The first kappa shape index (κ1) is 24.2. The zero-order chi connectivity index (χ0) is 24.9. The molecule has 1 heterocycles. The fraction of sp³-hybridized carbons (Fsp3) is 0.250. The Labute approximate surface area is 204 Å². The molecule has 1 saturated heterocycles. The number of ketones is 1. The van der Waals surface area contributed by atoms with Crippen LogP contribution in [0.15, 0.2) is 66.7 Å². The van der Waals surface area contributed by atoms with E-state index in [0.29, 0.717) is 38.0 Å². The number of aryl methyl sites for hydroxylation is 1. The van der Waals surface area contributed by atoms with E-state index in [9.17, 15) is 19.5 Å². The molecule has 2 N–H and O–H groups in total. The van der Waals surface area contributed by atoms with Crippen molar-refractivity contribution in [1.29, 1.82) is 0 Å². The molecule has 0 unspecified atom stereocenters. The molecule has 0 spiro atoms. The maximum absolute atomic E-state index is 13.0. The van der Waals surface area contributed by atoms with Gasteiger partial charge in [-0.1, -0.05) is 36.4 Å². The van der Waals surface area contributed by atoms with Crippen LogP contribution < -0.4 is 0 Å². The molecule has 3 aromatic rings. The van der Waals surface area contributed by atoms with E-state index in [1.807, 2.05) is 36.2 Å². The molecule has 1 amide bonds. The summed E-state index contributed by atoms with van der Waals surface area (Å²) in [5.74, 6) is -0.720. The highest BCUT2D eigenvalue weighted by Crippen LogP contribution is 2.27. The number of amides is 1. The van der Waals surface area contributed by atoms with E-state index in [-0.39, 0.29) is 29.4 Å². The normalized spacial score (nSPS) is 13.9. The Kier molecular flexibility index (Phi) is 7.27. The fourth-order valence-electron chi connectivity index (χ4n) is 4.39. The highest BCUT2D eigenvalue weighted by Gasteiger charge is 2.28. The van der Waals surface area contributed by atoms with Crippen molar-refractivity contribution in [3.05, 3.63) is 89.0 Å². The van der Waals surface area contributed by atoms with Gasteiger partial charge in [-0.05, 0) is 65.9 Å². The van der Waals surface area contributed by atoms with Crippen LogP contribution in [0.3, 0.4) is 0 Å². The molecular weight excluding hydrogens is 444 g/mol. The summed E-state index contributed by atoms with van der Waals surface area (Å²) >= 11 is 0. The van der Waals surface area contributed by atoms with E-state index in [1.54, 1.807) is 47.5 Å². The number of benzene rings is 3. The molecule has 0 aliphatic carbocycles. The van der Waals surface area contributed by atoms with Crippen molar-refractivity contribution < 1.29 is 24.6 Å². The lowest BCUT2D eigenvalue weighted by molar-refractivity contribution is -0.137. The second kappa shape index (κ2) is 10.5.